The summed E-state index contributed by atoms with van der Waals surface area (Å²) in [7, 11) is 4.71. The second-order valence-corrected chi connectivity index (χ2v) is 7.84. The molecule has 2 heteroatoms. The molecule has 2 aliphatic carbocycles. The summed E-state index contributed by atoms with van der Waals surface area (Å²) in [5.41, 5.74) is 3.20. The topological polar surface area (TPSA) is 6.48 Å². The predicted octanol–water partition coefficient (Wildman–Crippen LogP) is 3.62. The first-order valence-corrected chi connectivity index (χ1v) is 9.22. The Morgan fingerprint density at radius 3 is 2.82 bits per heavy atom. The van der Waals surface area contributed by atoms with Crippen molar-refractivity contribution in [3.63, 3.8) is 0 Å². The summed E-state index contributed by atoms with van der Waals surface area (Å²) in [5.74, 6) is 1.89. The van der Waals surface area contributed by atoms with Crippen LogP contribution in [0.3, 0.4) is 0 Å². The van der Waals surface area contributed by atoms with Crippen LogP contribution in [0.25, 0.3) is 0 Å². The molecule has 2 nitrogen and oxygen atoms in total. The molecular weight excluding hydrogens is 268 g/mol. The van der Waals surface area contributed by atoms with E-state index in [4.69, 9.17) is 0 Å². The van der Waals surface area contributed by atoms with E-state index in [1.54, 1.807) is 11.1 Å². The number of likely N-dealkylation sites (N-methyl/N-ethyl adjacent to an activating group) is 2. The highest BCUT2D eigenvalue weighted by atomic mass is 15.2. The van der Waals surface area contributed by atoms with Crippen molar-refractivity contribution in [2.45, 2.75) is 50.6 Å². The van der Waals surface area contributed by atoms with E-state index in [1.165, 1.54) is 38.6 Å². The fourth-order valence-corrected chi connectivity index (χ4v) is 5.50. The minimum atomic E-state index is 0.598. The summed E-state index contributed by atoms with van der Waals surface area (Å²) in [5, 5.41) is 0. The van der Waals surface area contributed by atoms with E-state index in [9.17, 15) is 0 Å². The molecule has 2 fully saturated rings. The molecule has 0 spiro atoms. The van der Waals surface area contributed by atoms with Gasteiger partial charge in [-0.2, -0.15) is 0 Å². The Balaban J connectivity index is 1.69. The lowest BCUT2D eigenvalue weighted by atomic mass is 9.67. The van der Waals surface area contributed by atoms with Crippen LogP contribution in [0, 0.1) is 11.8 Å². The van der Waals surface area contributed by atoms with Crippen molar-refractivity contribution in [3.05, 3.63) is 35.5 Å². The van der Waals surface area contributed by atoms with Crippen molar-refractivity contribution in [2.24, 2.45) is 11.8 Å². The van der Waals surface area contributed by atoms with Gasteiger partial charge in [-0.1, -0.05) is 43.6 Å². The van der Waals surface area contributed by atoms with Crippen LogP contribution in [0.4, 0.5) is 0 Å². The van der Waals surface area contributed by atoms with Crippen LogP contribution in [0.15, 0.2) is 35.5 Å². The van der Waals surface area contributed by atoms with E-state index in [1.807, 2.05) is 0 Å². The van der Waals surface area contributed by atoms with Crippen LogP contribution in [0.1, 0.15) is 38.5 Å². The predicted molar refractivity (Wildman–Crippen MR) is 92.8 cm³/mol. The quantitative estimate of drug-likeness (QED) is 0.729. The zero-order chi connectivity index (χ0) is 15.1. The van der Waals surface area contributed by atoms with Gasteiger partial charge in [0.2, 0.25) is 0 Å². The minimum Gasteiger partial charge on any atom is -0.301 e. The normalized spacial score (nSPS) is 39.7. The number of nitrogens with zero attached hydrogens (tertiary/aromatic N) is 2. The van der Waals surface area contributed by atoms with E-state index >= 15 is 0 Å². The Hall–Kier alpha value is -0.860. The smallest absolute Gasteiger partial charge is 0.0509 e. The summed E-state index contributed by atoms with van der Waals surface area (Å²) in [4.78, 5) is 5.29. The van der Waals surface area contributed by atoms with Crippen LogP contribution >= 0.6 is 0 Å². The molecule has 22 heavy (non-hydrogen) atoms. The highest BCUT2D eigenvalue weighted by molar-refractivity contribution is 5.45. The monoisotopic (exact) mass is 298 g/mol. The molecule has 4 atom stereocenters. The zero-order valence-corrected chi connectivity index (χ0v) is 14.2. The van der Waals surface area contributed by atoms with Crippen LogP contribution in [-0.2, 0) is 0 Å². The zero-order valence-electron chi connectivity index (χ0n) is 14.2. The maximum atomic E-state index is 2.69. The third-order valence-corrected chi connectivity index (χ3v) is 6.63. The van der Waals surface area contributed by atoms with E-state index in [0.717, 1.165) is 24.8 Å². The van der Waals surface area contributed by atoms with Crippen molar-refractivity contribution in [3.8, 4) is 0 Å². The Kier molecular flexibility index (Phi) is 4.00. The first-order chi connectivity index (χ1) is 10.8. The van der Waals surface area contributed by atoms with Gasteiger partial charge in [-0.05, 0) is 62.9 Å². The van der Waals surface area contributed by atoms with Gasteiger partial charge in [-0.25, -0.2) is 0 Å². The second kappa shape index (κ2) is 5.98. The molecular formula is C20H30N2. The van der Waals surface area contributed by atoms with E-state index in [-0.39, 0.29) is 0 Å². The maximum absolute atomic E-state index is 2.69. The molecule has 1 saturated heterocycles. The number of piperidine rings is 1. The van der Waals surface area contributed by atoms with E-state index in [0.29, 0.717) is 12.1 Å². The molecule has 120 valence electrons. The summed E-state index contributed by atoms with van der Waals surface area (Å²) in [6.45, 7) is 2.41. The summed E-state index contributed by atoms with van der Waals surface area (Å²) in [6, 6.07) is 1.31. The Morgan fingerprint density at radius 1 is 1.05 bits per heavy atom. The van der Waals surface area contributed by atoms with Crippen molar-refractivity contribution < 1.29 is 0 Å². The van der Waals surface area contributed by atoms with Gasteiger partial charge in [-0.15, -0.1) is 0 Å². The summed E-state index contributed by atoms with van der Waals surface area (Å²) >= 11 is 0. The third kappa shape index (κ3) is 2.41. The molecule has 4 unspecified atom stereocenters. The van der Waals surface area contributed by atoms with Gasteiger partial charge in [0.15, 0.2) is 0 Å². The van der Waals surface area contributed by atoms with Gasteiger partial charge in [0.05, 0.1) is 6.04 Å². The van der Waals surface area contributed by atoms with Gasteiger partial charge < -0.3 is 4.90 Å². The third-order valence-electron chi connectivity index (χ3n) is 6.63. The largest absolute Gasteiger partial charge is 0.301 e. The van der Waals surface area contributed by atoms with E-state index in [2.05, 4.69) is 48.2 Å². The van der Waals surface area contributed by atoms with Crippen molar-refractivity contribution >= 4 is 0 Å². The summed E-state index contributed by atoms with van der Waals surface area (Å²) < 4.78 is 0. The van der Waals surface area contributed by atoms with Gasteiger partial charge in [-0.3, -0.25) is 4.90 Å². The number of likely N-dealkylation sites (tertiary alicyclic amines) is 1. The minimum absolute atomic E-state index is 0.598. The first-order valence-electron chi connectivity index (χ1n) is 9.22. The second-order valence-electron chi connectivity index (χ2n) is 7.84. The molecule has 0 aromatic carbocycles. The van der Waals surface area contributed by atoms with E-state index < -0.39 is 0 Å². The molecule has 0 amide bonds. The maximum Gasteiger partial charge on any atom is 0.0509 e. The average molecular weight is 298 g/mol. The number of fused-ring (bicyclic) bond motifs is 2. The Labute approximate surface area is 135 Å². The van der Waals surface area contributed by atoms with Gasteiger partial charge >= 0.3 is 0 Å². The molecule has 1 saturated carbocycles. The number of allylic oxidation sites excluding steroid dienone is 3. The van der Waals surface area contributed by atoms with Gasteiger partial charge in [0, 0.05) is 12.6 Å². The standard InChI is InChI=1S/C20H30N2/c1-21-13-11-15-7-3-5-9-17(15)19(21)20-18-10-6-4-8-16(18)12-14-22(20)2/h3,5,9,11,16,18-20H,4,6-8,10,12-14H2,1-2H3. The lowest BCUT2D eigenvalue weighted by Crippen LogP contribution is -2.59. The first kappa shape index (κ1) is 14.7. The highest BCUT2D eigenvalue weighted by Crippen LogP contribution is 2.44. The van der Waals surface area contributed by atoms with Gasteiger partial charge in [0.25, 0.3) is 0 Å². The lowest BCUT2D eigenvalue weighted by Gasteiger charge is -2.53. The fourth-order valence-electron chi connectivity index (χ4n) is 5.50. The molecule has 0 aromatic heterocycles. The van der Waals surface area contributed by atoms with Crippen molar-refractivity contribution in [1.29, 1.82) is 0 Å². The molecule has 0 aromatic rings. The number of hydrogen-bond acceptors (Lipinski definition) is 2. The lowest BCUT2D eigenvalue weighted by molar-refractivity contribution is 0.00246. The average Bonchev–Trinajstić information content (AvgIpc) is 2.56. The molecule has 2 aliphatic heterocycles. The van der Waals surface area contributed by atoms with Crippen LogP contribution in [0.5, 0.6) is 0 Å². The molecule has 4 rings (SSSR count). The molecule has 0 N–H and O–H groups in total. The van der Waals surface area contributed by atoms with Crippen LogP contribution in [0.2, 0.25) is 0 Å². The fraction of sp³-hybridized carbons (Fsp3) is 0.700. The highest BCUT2D eigenvalue weighted by Gasteiger charge is 2.45. The van der Waals surface area contributed by atoms with Crippen LogP contribution in [-0.4, -0.2) is 49.1 Å². The van der Waals surface area contributed by atoms with Crippen molar-refractivity contribution in [2.75, 3.05) is 27.2 Å². The number of hydrogen-bond donors (Lipinski definition) is 0. The summed E-state index contributed by atoms with van der Waals surface area (Å²) in [6.07, 6.45) is 17.8. The molecule has 0 bridgehead atoms. The Bertz CT molecular complexity index is 516. The van der Waals surface area contributed by atoms with Crippen LogP contribution < -0.4 is 0 Å². The molecule has 0 radical (unpaired) electrons. The number of rotatable bonds is 1. The van der Waals surface area contributed by atoms with Crippen molar-refractivity contribution in [1.82, 2.24) is 9.80 Å². The van der Waals surface area contributed by atoms with Gasteiger partial charge in [0.1, 0.15) is 0 Å². The molecule has 4 aliphatic rings. The SMILES string of the molecule is CN1CC=C2CC=CC=C2C1C1C2CCCCC2CCN1C. The molecule has 2 heterocycles. The Morgan fingerprint density at radius 2 is 1.91 bits per heavy atom.